The zero-order valence-corrected chi connectivity index (χ0v) is 18.2. The number of halogens is 1. The highest BCUT2D eigenvalue weighted by atomic mass is 32.2. The molecule has 1 heterocycles. The molecule has 0 aliphatic heterocycles. The number of hydrogen-bond donors (Lipinski definition) is 1. The number of carbonyl (C=O) groups is 1. The molecule has 2 aromatic carbocycles. The summed E-state index contributed by atoms with van der Waals surface area (Å²) < 4.78 is 13.1. The smallest absolute Gasteiger partial charge is 0.254 e. The van der Waals surface area contributed by atoms with Gasteiger partial charge < -0.3 is 10.2 Å². The van der Waals surface area contributed by atoms with Crippen molar-refractivity contribution < 1.29 is 9.18 Å². The molecule has 1 unspecified atom stereocenters. The van der Waals surface area contributed by atoms with Gasteiger partial charge in [-0.25, -0.2) is 9.37 Å². The quantitative estimate of drug-likeness (QED) is 0.526. The third-order valence-corrected chi connectivity index (χ3v) is 5.92. The number of aryl methyl sites for hydroxylation is 1. The average Bonchev–Trinajstić information content (AvgIpc) is 2.74. The van der Waals surface area contributed by atoms with Crippen LogP contribution < -0.4 is 5.32 Å². The number of nitrogens with one attached hydrogen (secondary N) is 1. The molecule has 30 heavy (non-hydrogen) atoms. The molecule has 1 amide bonds. The summed E-state index contributed by atoms with van der Waals surface area (Å²) in [7, 11) is 4.01. The highest BCUT2D eigenvalue weighted by Gasteiger charge is 2.18. The molecule has 4 nitrogen and oxygen atoms in total. The van der Waals surface area contributed by atoms with Gasteiger partial charge in [0.2, 0.25) is 0 Å². The summed E-state index contributed by atoms with van der Waals surface area (Å²) in [5, 5.41) is 3.72. The Labute approximate surface area is 181 Å². The van der Waals surface area contributed by atoms with Crippen LogP contribution in [0.4, 0.5) is 4.39 Å². The minimum Gasteiger partial charge on any atom is -0.350 e. The maximum absolute atomic E-state index is 13.1. The number of pyridine rings is 1. The molecule has 0 bridgehead atoms. The van der Waals surface area contributed by atoms with Crippen molar-refractivity contribution in [2.24, 2.45) is 0 Å². The second kappa shape index (κ2) is 10.4. The molecule has 0 saturated carbocycles. The fourth-order valence-corrected chi connectivity index (χ4v) is 4.03. The fraction of sp³-hybridized carbons (Fsp3) is 0.250. The Kier molecular flexibility index (Phi) is 7.60. The molecule has 0 fully saturated rings. The maximum Gasteiger partial charge on any atom is 0.254 e. The predicted octanol–water partition coefficient (Wildman–Crippen LogP) is 4.85. The van der Waals surface area contributed by atoms with Gasteiger partial charge in [0.1, 0.15) is 10.8 Å². The molecular formula is C24H26FN3OS. The molecule has 1 N–H and O–H groups in total. The van der Waals surface area contributed by atoms with E-state index in [0.29, 0.717) is 22.9 Å². The van der Waals surface area contributed by atoms with Crippen LogP contribution in [-0.4, -0.2) is 36.4 Å². The van der Waals surface area contributed by atoms with E-state index >= 15 is 0 Å². The van der Waals surface area contributed by atoms with Crippen molar-refractivity contribution in [2.45, 2.75) is 23.7 Å². The van der Waals surface area contributed by atoms with E-state index in [0.717, 1.165) is 11.1 Å². The van der Waals surface area contributed by atoms with Gasteiger partial charge in [0.15, 0.2) is 0 Å². The minimum absolute atomic E-state index is 0.0709. The van der Waals surface area contributed by atoms with Gasteiger partial charge in [-0.1, -0.05) is 42.0 Å². The van der Waals surface area contributed by atoms with Crippen LogP contribution in [0.25, 0.3) is 0 Å². The number of aromatic nitrogens is 1. The lowest BCUT2D eigenvalue weighted by atomic mass is 10.0. The average molecular weight is 424 g/mol. The number of likely N-dealkylation sites (N-methyl/N-ethyl adjacent to an activating group) is 1. The molecular weight excluding hydrogens is 397 g/mol. The lowest BCUT2D eigenvalue weighted by molar-refractivity contribution is 0.0938. The number of benzene rings is 2. The van der Waals surface area contributed by atoms with Gasteiger partial charge in [-0.15, -0.1) is 11.8 Å². The molecule has 0 spiro atoms. The zero-order chi connectivity index (χ0) is 21.5. The van der Waals surface area contributed by atoms with E-state index in [4.69, 9.17) is 0 Å². The van der Waals surface area contributed by atoms with Crippen LogP contribution in [0.15, 0.2) is 71.9 Å². The third-order valence-electron chi connectivity index (χ3n) is 4.85. The summed E-state index contributed by atoms with van der Waals surface area (Å²) in [6, 6.07) is 18.3. The fourth-order valence-electron chi connectivity index (χ4n) is 3.08. The summed E-state index contributed by atoms with van der Waals surface area (Å²) in [5.41, 5.74) is 3.89. The number of thioether (sulfide) groups is 1. The first-order valence-corrected chi connectivity index (χ1v) is 10.8. The van der Waals surface area contributed by atoms with Crippen LogP contribution >= 0.6 is 11.8 Å². The van der Waals surface area contributed by atoms with E-state index < -0.39 is 0 Å². The number of carbonyl (C=O) groups excluding carboxylic acids is 1. The Balaban J connectivity index is 1.67. The van der Waals surface area contributed by atoms with Crippen LogP contribution in [0, 0.1) is 12.7 Å². The molecule has 0 aliphatic carbocycles. The Bertz CT molecular complexity index is 975. The number of nitrogens with zero attached hydrogens (tertiary/aromatic N) is 2. The highest BCUT2D eigenvalue weighted by Crippen LogP contribution is 2.25. The topological polar surface area (TPSA) is 45.2 Å². The summed E-state index contributed by atoms with van der Waals surface area (Å²) in [4.78, 5) is 19.4. The number of hydrogen-bond acceptors (Lipinski definition) is 4. The first kappa shape index (κ1) is 22.0. The summed E-state index contributed by atoms with van der Waals surface area (Å²) in [6.07, 6.45) is 1.68. The van der Waals surface area contributed by atoms with Gasteiger partial charge in [0.05, 0.1) is 11.6 Å². The van der Waals surface area contributed by atoms with Crippen molar-refractivity contribution in [1.82, 2.24) is 15.2 Å². The van der Waals surface area contributed by atoms with E-state index in [-0.39, 0.29) is 17.8 Å². The SMILES string of the molecule is Cc1ccc(C(CNC(=O)c2cccnc2SCc2ccc(F)cc2)N(C)C)cc1. The van der Waals surface area contributed by atoms with E-state index in [1.165, 1.54) is 29.5 Å². The monoisotopic (exact) mass is 423 g/mol. The van der Waals surface area contributed by atoms with Crippen LogP contribution in [0.3, 0.4) is 0 Å². The first-order valence-electron chi connectivity index (χ1n) is 9.77. The predicted molar refractivity (Wildman–Crippen MR) is 120 cm³/mol. The molecule has 1 aromatic heterocycles. The van der Waals surface area contributed by atoms with Gasteiger partial charge >= 0.3 is 0 Å². The van der Waals surface area contributed by atoms with Crippen LogP contribution in [0.2, 0.25) is 0 Å². The van der Waals surface area contributed by atoms with Gasteiger partial charge in [-0.3, -0.25) is 4.79 Å². The van der Waals surface area contributed by atoms with Gasteiger partial charge in [0, 0.05) is 18.5 Å². The Morgan fingerprint density at radius 1 is 1.10 bits per heavy atom. The zero-order valence-electron chi connectivity index (χ0n) is 17.4. The molecule has 156 valence electrons. The van der Waals surface area contributed by atoms with E-state index in [2.05, 4.69) is 46.4 Å². The van der Waals surface area contributed by atoms with Gasteiger partial charge in [-0.05, 0) is 56.4 Å². The molecule has 3 aromatic rings. The second-order valence-corrected chi connectivity index (χ2v) is 8.34. The van der Waals surface area contributed by atoms with Crippen molar-refractivity contribution >= 4 is 17.7 Å². The van der Waals surface area contributed by atoms with Crippen molar-refractivity contribution in [2.75, 3.05) is 20.6 Å². The Hall–Kier alpha value is -2.70. The molecule has 1 atom stereocenters. The van der Waals surface area contributed by atoms with Crippen LogP contribution in [0.5, 0.6) is 0 Å². The second-order valence-electron chi connectivity index (χ2n) is 7.37. The van der Waals surface area contributed by atoms with Crippen molar-refractivity contribution in [3.63, 3.8) is 0 Å². The van der Waals surface area contributed by atoms with E-state index in [1.807, 2.05) is 14.1 Å². The van der Waals surface area contributed by atoms with E-state index in [9.17, 15) is 9.18 Å². The highest BCUT2D eigenvalue weighted by molar-refractivity contribution is 7.98. The van der Waals surface area contributed by atoms with Crippen LogP contribution in [0.1, 0.15) is 33.1 Å². The largest absolute Gasteiger partial charge is 0.350 e. The van der Waals surface area contributed by atoms with Crippen LogP contribution in [-0.2, 0) is 5.75 Å². The number of amides is 1. The molecule has 0 saturated heterocycles. The molecule has 3 rings (SSSR count). The number of rotatable bonds is 8. The Morgan fingerprint density at radius 2 is 1.80 bits per heavy atom. The lowest BCUT2D eigenvalue weighted by Crippen LogP contribution is -2.34. The van der Waals surface area contributed by atoms with Crippen molar-refractivity contribution in [1.29, 1.82) is 0 Å². The van der Waals surface area contributed by atoms with Gasteiger partial charge in [-0.2, -0.15) is 0 Å². The third kappa shape index (κ3) is 5.90. The van der Waals surface area contributed by atoms with Crippen molar-refractivity contribution in [3.8, 4) is 0 Å². The minimum atomic E-state index is -0.259. The van der Waals surface area contributed by atoms with E-state index in [1.54, 1.807) is 30.5 Å². The summed E-state index contributed by atoms with van der Waals surface area (Å²) >= 11 is 1.47. The molecule has 6 heteroatoms. The Morgan fingerprint density at radius 3 is 2.47 bits per heavy atom. The standard InChI is InChI=1S/C24H26FN3OS/c1-17-6-10-19(11-7-17)22(28(2)3)15-27-23(29)21-5-4-14-26-24(21)30-16-18-8-12-20(25)13-9-18/h4-14,22H,15-16H2,1-3H3,(H,27,29). The summed E-state index contributed by atoms with van der Waals surface area (Å²) in [5.74, 6) is 0.204. The maximum atomic E-state index is 13.1. The molecule has 0 radical (unpaired) electrons. The summed E-state index contributed by atoms with van der Waals surface area (Å²) in [6.45, 7) is 2.55. The lowest BCUT2D eigenvalue weighted by Gasteiger charge is -2.25. The van der Waals surface area contributed by atoms with Crippen molar-refractivity contribution in [3.05, 3.63) is 94.9 Å². The molecule has 0 aliphatic rings. The van der Waals surface area contributed by atoms with Gasteiger partial charge in [0.25, 0.3) is 5.91 Å². The first-order chi connectivity index (χ1) is 14.4. The normalized spacial score (nSPS) is 12.0.